The van der Waals surface area contributed by atoms with Crippen LogP contribution >= 0.6 is 0 Å². The van der Waals surface area contributed by atoms with E-state index in [2.05, 4.69) is 48.1 Å². The minimum Gasteiger partial charge on any atom is -0.385 e. The third-order valence-electron chi connectivity index (χ3n) is 4.00. The quantitative estimate of drug-likeness (QED) is 0.817. The van der Waals surface area contributed by atoms with Gasteiger partial charge in [-0.05, 0) is 37.8 Å². The second kappa shape index (κ2) is 7.63. The van der Waals surface area contributed by atoms with Crippen molar-refractivity contribution in [3.05, 3.63) is 24.0 Å². The van der Waals surface area contributed by atoms with Gasteiger partial charge in [0.1, 0.15) is 0 Å². The minimum atomic E-state index is 0.715. The monoisotopic (exact) mass is 275 g/mol. The van der Waals surface area contributed by atoms with E-state index < -0.39 is 0 Å². The summed E-state index contributed by atoms with van der Waals surface area (Å²) in [6, 6.07) is 5.02. The van der Waals surface area contributed by atoms with Crippen molar-refractivity contribution in [1.29, 1.82) is 0 Å². The highest BCUT2D eigenvalue weighted by atomic mass is 15.2. The Morgan fingerprint density at radius 1 is 1.35 bits per heavy atom. The molecule has 1 aromatic heterocycles. The van der Waals surface area contributed by atoms with Gasteiger partial charge in [-0.25, -0.2) is 0 Å². The van der Waals surface area contributed by atoms with Crippen molar-refractivity contribution in [1.82, 2.24) is 9.88 Å². The van der Waals surface area contributed by atoms with Crippen LogP contribution < -0.4 is 5.32 Å². The summed E-state index contributed by atoms with van der Waals surface area (Å²) in [6.45, 7) is 9.88. The molecule has 0 aromatic carbocycles. The summed E-state index contributed by atoms with van der Waals surface area (Å²) in [5.74, 6) is 0.715. The molecular weight excluding hydrogens is 246 g/mol. The van der Waals surface area contributed by atoms with Crippen LogP contribution in [0.5, 0.6) is 0 Å². The highest BCUT2D eigenvalue weighted by Gasteiger charge is 2.23. The summed E-state index contributed by atoms with van der Waals surface area (Å²) in [7, 11) is 0. The Labute approximate surface area is 123 Å². The summed E-state index contributed by atoms with van der Waals surface area (Å²) in [6.07, 6.45) is 7.43. The standard InChI is InChI=1S/C17H29N3/c1-4-18-15-9-10-19-16(11-15)13-20(12-14(2)3)17-7-5-6-8-17/h9-11,14,17H,4-8,12-13H2,1-3H3,(H,18,19). The number of nitrogens with zero attached hydrogens (tertiary/aromatic N) is 2. The number of hydrogen-bond donors (Lipinski definition) is 1. The van der Waals surface area contributed by atoms with Crippen molar-refractivity contribution in [2.45, 2.75) is 59.0 Å². The summed E-state index contributed by atoms with van der Waals surface area (Å²) in [5.41, 5.74) is 2.38. The van der Waals surface area contributed by atoms with E-state index in [1.54, 1.807) is 0 Å². The first-order valence-corrected chi connectivity index (χ1v) is 8.12. The van der Waals surface area contributed by atoms with E-state index in [-0.39, 0.29) is 0 Å². The maximum atomic E-state index is 4.56. The Morgan fingerprint density at radius 3 is 2.75 bits per heavy atom. The molecule has 112 valence electrons. The third kappa shape index (κ3) is 4.48. The fraction of sp³-hybridized carbons (Fsp3) is 0.706. The lowest BCUT2D eigenvalue weighted by Gasteiger charge is -2.30. The number of rotatable bonds is 7. The summed E-state index contributed by atoms with van der Waals surface area (Å²) >= 11 is 0. The Balaban J connectivity index is 2.03. The van der Waals surface area contributed by atoms with Crippen LogP contribution in [0.1, 0.15) is 52.1 Å². The van der Waals surface area contributed by atoms with E-state index in [0.717, 1.165) is 19.1 Å². The summed E-state index contributed by atoms with van der Waals surface area (Å²) < 4.78 is 0. The van der Waals surface area contributed by atoms with Crippen molar-refractivity contribution in [3.8, 4) is 0 Å². The van der Waals surface area contributed by atoms with Gasteiger partial charge in [-0.3, -0.25) is 9.88 Å². The number of aromatic nitrogens is 1. The van der Waals surface area contributed by atoms with Gasteiger partial charge in [0.05, 0.1) is 5.69 Å². The average Bonchev–Trinajstić information content (AvgIpc) is 2.92. The second-order valence-electron chi connectivity index (χ2n) is 6.33. The highest BCUT2D eigenvalue weighted by molar-refractivity contribution is 5.42. The van der Waals surface area contributed by atoms with E-state index >= 15 is 0 Å². The van der Waals surface area contributed by atoms with Gasteiger partial charge in [-0.1, -0.05) is 26.7 Å². The van der Waals surface area contributed by atoms with E-state index in [4.69, 9.17) is 0 Å². The van der Waals surface area contributed by atoms with E-state index in [1.807, 2.05) is 6.20 Å². The number of hydrogen-bond acceptors (Lipinski definition) is 3. The zero-order valence-electron chi connectivity index (χ0n) is 13.2. The molecule has 1 aliphatic rings. The molecule has 0 radical (unpaired) electrons. The van der Waals surface area contributed by atoms with Crippen molar-refractivity contribution >= 4 is 5.69 Å². The highest BCUT2D eigenvalue weighted by Crippen LogP contribution is 2.25. The second-order valence-corrected chi connectivity index (χ2v) is 6.33. The van der Waals surface area contributed by atoms with Gasteiger partial charge < -0.3 is 5.32 Å². The molecule has 0 bridgehead atoms. The Bertz CT molecular complexity index is 397. The van der Waals surface area contributed by atoms with Gasteiger partial charge in [0.25, 0.3) is 0 Å². The molecule has 0 atom stereocenters. The van der Waals surface area contributed by atoms with Gasteiger partial charge in [0.2, 0.25) is 0 Å². The fourth-order valence-electron chi connectivity index (χ4n) is 3.17. The van der Waals surface area contributed by atoms with Crippen LogP contribution in [0.25, 0.3) is 0 Å². The van der Waals surface area contributed by atoms with Crippen LogP contribution in [0.4, 0.5) is 5.69 Å². The number of nitrogens with one attached hydrogen (secondary N) is 1. The van der Waals surface area contributed by atoms with Crippen LogP contribution in [0, 0.1) is 5.92 Å². The zero-order valence-corrected chi connectivity index (χ0v) is 13.2. The Hall–Kier alpha value is -1.09. The van der Waals surface area contributed by atoms with E-state index in [9.17, 15) is 0 Å². The van der Waals surface area contributed by atoms with Crippen molar-refractivity contribution < 1.29 is 0 Å². The molecule has 1 heterocycles. The topological polar surface area (TPSA) is 28.2 Å². The van der Waals surface area contributed by atoms with Crippen LogP contribution in [-0.2, 0) is 6.54 Å². The molecule has 1 saturated carbocycles. The van der Waals surface area contributed by atoms with Crippen LogP contribution in [0.15, 0.2) is 18.3 Å². The molecule has 0 spiro atoms. The normalized spacial score (nSPS) is 16.2. The molecule has 0 aliphatic heterocycles. The lowest BCUT2D eigenvalue weighted by Crippen LogP contribution is -2.35. The largest absolute Gasteiger partial charge is 0.385 e. The lowest BCUT2D eigenvalue weighted by atomic mass is 10.1. The van der Waals surface area contributed by atoms with Gasteiger partial charge in [0, 0.05) is 37.6 Å². The molecule has 3 heteroatoms. The summed E-state index contributed by atoms with van der Waals surface area (Å²) in [5, 5.41) is 3.37. The van der Waals surface area contributed by atoms with Crippen LogP contribution in [-0.4, -0.2) is 29.0 Å². The molecular formula is C17H29N3. The van der Waals surface area contributed by atoms with Crippen molar-refractivity contribution in [2.24, 2.45) is 5.92 Å². The molecule has 3 nitrogen and oxygen atoms in total. The third-order valence-corrected chi connectivity index (χ3v) is 4.00. The molecule has 1 N–H and O–H groups in total. The first kappa shape index (κ1) is 15.3. The fourth-order valence-corrected chi connectivity index (χ4v) is 3.17. The molecule has 0 amide bonds. The molecule has 20 heavy (non-hydrogen) atoms. The van der Waals surface area contributed by atoms with Crippen LogP contribution in [0.2, 0.25) is 0 Å². The smallest absolute Gasteiger partial charge is 0.0564 e. The van der Waals surface area contributed by atoms with Gasteiger partial charge in [-0.2, -0.15) is 0 Å². The first-order chi connectivity index (χ1) is 9.69. The molecule has 0 saturated heterocycles. The molecule has 1 aliphatic carbocycles. The molecule has 1 aromatic rings. The number of anilines is 1. The van der Waals surface area contributed by atoms with Crippen molar-refractivity contribution in [2.75, 3.05) is 18.4 Å². The predicted molar refractivity (Wildman–Crippen MR) is 85.9 cm³/mol. The average molecular weight is 275 g/mol. The number of pyridine rings is 1. The van der Waals surface area contributed by atoms with Crippen LogP contribution in [0.3, 0.4) is 0 Å². The molecule has 2 rings (SSSR count). The lowest BCUT2D eigenvalue weighted by molar-refractivity contribution is 0.166. The maximum absolute atomic E-state index is 4.56. The van der Waals surface area contributed by atoms with E-state index in [0.29, 0.717) is 5.92 Å². The summed E-state index contributed by atoms with van der Waals surface area (Å²) in [4.78, 5) is 7.21. The first-order valence-electron chi connectivity index (χ1n) is 8.12. The maximum Gasteiger partial charge on any atom is 0.0564 e. The van der Waals surface area contributed by atoms with Gasteiger partial charge in [-0.15, -0.1) is 0 Å². The zero-order chi connectivity index (χ0) is 14.4. The van der Waals surface area contributed by atoms with Gasteiger partial charge >= 0.3 is 0 Å². The Morgan fingerprint density at radius 2 is 2.10 bits per heavy atom. The molecule has 1 fully saturated rings. The Kier molecular flexibility index (Phi) is 5.84. The van der Waals surface area contributed by atoms with Gasteiger partial charge in [0.15, 0.2) is 0 Å². The van der Waals surface area contributed by atoms with E-state index in [1.165, 1.54) is 43.6 Å². The SMILES string of the molecule is CCNc1ccnc(CN(CC(C)C)C2CCCC2)c1. The minimum absolute atomic E-state index is 0.715. The molecule has 0 unspecified atom stereocenters. The predicted octanol–water partition coefficient (Wildman–Crippen LogP) is 3.91. The van der Waals surface area contributed by atoms with Crippen molar-refractivity contribution in [3.63, 3.8) is 0 Å².